The van der Waals surface area contributed by atoms with Gasteiger partial charge in [0.05, 0.1) is 10.6 Å². The molecule has 0 N–H and O–H groups in total. The third-order valence-corrected chi connectivity index (χ3v) is 5.02. The fourth-order valence-corrected chi connectivity index (χ4v) is 3.45. The average molecular weight is 341 g/mol. The first kappa shape index (κ1) is 16.3. The van der Waals surface area contributed by atoms with Crippen molar-refractivity contribution in [2.45, 2.75) is 20.8 Å². The SMILES string of the molecule is CCN(/C=C1/SC(=S)N(c2ccc(C)c(Cl)c2)C1=O)CC. The summed E-state index contributed by atoms with van der Waals surface area (Å²) in [6.07, 6.45) is 1.88. The maximum Gasteiger partial charge on any atom is 0.272 e. The second kappa shape index (κ2) is 6.81. The molecule has 0 spiro atoms. The maximum atomic E-state index is 12.6. The highest BCUT2D eigenvalue weighted by molar-refractivity contribution is 8.27. The van der Waals surface area contributed by atoms with Crippen LogP contribution in [0.15, 0.2) is 29.3 Å². The lowest BCUT2D eigenvalue weighted by atomic mass is 10.2. The van der Waals surface area contributed by atoms with Gasteiger partial charge < -0.3 is 4.90 Å². The lowest BCUT2D eigenvalue weighted by Gasteiger charge is -2.17. The van der Waals surface area contributed by atoms with Crippen LogP contribution >= 0.6 is 35.6 Å². The van der Waals surface area contributed by atoms with E-state index in [0.717, 1.165) is 24.3 Å². The number of carbonyl (C=O) groups is 1. The van der Waals surface area contributed by atoms with Gasteiger partial charge in [0, 0.05) is 24.3 Å². The molecule has 3 nitrogen and oxygen atoms in total. The Kier molecular flexibility index (Phi) is 5.30. The smallest absolute Gasteiger partial charge is 0.272 e. The van der Waals surface area contributed by atoms with E-state index < -0.39 is 0 Å². The van der Waals surface area contributed by atoms with Crippen LogP contribution in [0.25, 0.3) is 0 Å². The molecule has 0 radical (unpaired) electrons. The first-order valence-electron chi connectivity index (χ1n) is 6.76. The van der Waals surface area contributed by atoms with Gasteiger partial charge in [-0.15, -0.1) is 0 Å². The van der Waals surface area contributed by atoms with Gasteiger partial charge in [0.15, 0.2) is 4.32 Å². The standard InChI is InChI=1S/C15H17ClN2OS2/c1-4-17(5-2)9-13-14(19)18(15(20)21-13)11-7-6-10(3)12(16)8-11/h6-9H,4-5H2,1-3H3/b13-9+. The topological polar surface area (TPSA) is 23.6 Å². The van der Waals surface area contributed by atoms with Crippen LogP contribution in [0, 0.1) is 6.92 Å². The second-order valence-electron chi connectivity index (χ2n) is 4.66. The molecule has 0 unspecified atom stereocenters. The van der Waals surface area contributed by atoms with Gasteiger partial charge in [0.25, 0.3) is 5.91 Å². The normalized spacial score (nSPS) is 17.0. The minimum Gasteiger partial charge on any atom is -0.377 e. The summed E-state index contributed by atoms with van der Waals surface area (Å²) in [7, 11) is 0. The number of nitrogens with zero attached hydrogens (tertiary/aromatic N) is 2. The summed E-state index contributed by atoms with van der Waals surface area (Å²) < 4.78 is 0.540. The zero-order valence-electron chi connectivity index (χ0n) is 12.2. The van der Waals surface area contributed by atoms with Crippen molar-refractivity contribution in [3.8, 4) is 0 Å². The van der Waals surface area contributed by atoms with Crippen molar-refractivity contribution in [2.24, 2.45) is 0 Å². The molecule has 21 heavy (non-hydrogen) atoms. The molecule has 6 heteroatoms. The van der Waals surface area contributed by atoms with E-state index in [1.54, 1.807) is 11.0 Å². The third-order valence-electron chi connectivity index (χ3n) is 3.32. The predicted molar refractivity (Wildman–Crippen MR) is 94.9 cm³/mol. The van der Waals surface area contributed by atoms with Crippen LogP contribution in [0.1, 0.15) is 19.4 Å². The lowest BCUT2D eigenvalue weighted by molar-refractivity contribution is -0.113. The number of aryl methyl sites for hydroxylation is 1. The summed E-state index contributed by atoms with van der Waals surface area (Å²) in [5.74, 6) is -0.0863. The molecule has 0 saturated carbocycles. The molecule has 1 heterocycles. The number of hydrogen-bond acceptors (Lipinski definition) is 4. The van der Waals surface area contributed by atoms with Gasteiger partial charge in [-0.05, 0) is 38.5 Å². The summed E-state index contributed by atoms with van der Waals surface area (Å²) in [6.45, 7) is 7.76. The number of anilines is 1. The van der Waals surface area contributed by atoms with Crippen molar-refractivity contribution >= 4 is 51.5 Å². The molecule has 1 saturated heterocycles. The maximum absolute atomic E-state index is 12.6. The van der Waals surface area contributed by atoms with E-state index in [4.69, 9.17) is 23.8 Å². The molecule has 0 atom stereocenters. The molecule has 1 aromatic carbocycles. The van der Waals surface area contributed by atoms with Crippen LogP contribution in [-0.2, 0) is 4.79 Å². The number of thioether (sulfide) groups is 1. The summed E-state index contributed by atoms with van der Waals surface area (Å²) in [5.41, 5.74) is 1.69. The molecule has 0 bridgehead atoms. The highest BCUT2D eigenvalue weighted by Crippen LogP contribution is 2.36. The van der Waals surface area contributed by atoms with E-state index in [2.05, 4.69) is 18.7 Å². The Morgan fingerprint density at radius 2 is 2.05 bits per heavy atom. The van der Waals surface area contributed by atoms with Crippen LogP contribution in [-0.4, -0.2) is 28.2 Å². The van der Waals surface area contributed by atoms with Gasteiger partial charge >= 0.3 is 0 Å². The number of amides is 1. The van der Waals surface area contributed by atoms with Gasteiger partial charge in [-0.2, -0.15) is 0 Å². The lowest BCUT2D eigenvalue weighted by Crippen LogP contribution is -2.28. The van der Waals surface area contributed by atoms with Crippen molar-refractivity contribution in [3.63, 3.8) is 0 Å². The van der Waals surface area contributed by atoms with E-state index in [1.807, 2.05) is 25.3 Å². The van der Waals surface area contributed by atoms with Gasteiger partial charge in [-0.1, -0.05) is 41.6 Å². The largest absolute Gasteiger partial charge is 0.377 e. The molecule has 1 aromatic rings. The van der Waals surface area contributed by atoms with Crippen molar-refractivity contribution < 1.29 is 4.79 Å². The Labute approximate surface area is 139 Å². The quantitative estimate of drug-likeness (QED) is 0.605. The minimum absolute atomic E-state index is 0.0863. The van der Waals surface area contributed by atoms with Crippen molar-refractivity contribution in [3.05, 3.63) is 39.9 Å². The van der Waals surface area contributed by atoms with Gasteiger partial charge in [-0.3, -0.25) is 9.69 Å². The van der Waals surface area contributed by atoms with E-state index in [0.29, 0.717) is 14.2 Å². The van der Waals surface area contributed by atoms with E-state index >= 15 is 0 Å². The predicted octanol–water partition coefficient (Wildman–Crippen LogP) is 4.20. The Balaban J connectivity index is 2.32. The zero-order chi connectivity index (χ0) is 15.6. The number of thiocarbonyl (C=S) groups is 1. The third kappa shape index (κ3) is 3.42. The minimum atomic E-state index is -0.0863. The monoisotopic (exact) mass is 340 g/mol. The Morgan fingerprint density at radius 3 is 2.62 bits per heavy atom. The molecule has 0 aromatic heterocycles. The van der Waals surface area contributed by atoms with Crippen LogP contribution in [0.3, 0.4) is 0 Å². The number of halogens is 1. The number of hydrogen-bond donors (Lipinski definition) is 0. The summed E-state index contributed by atoms with van der Waals surface area (Å²) >= 11 is 12.8. The van der Waals surface area contributed by atoms with E-state index in [-0.39, 0.29) is 5.91 Å². The van der Waals surface area contributed by atoms with Gasteiger partial charge in [0.2, 0.25) is 0 Å². The van der Waals surface area contributed by atoms with Gasteiger partial charge in [0.1, 0.15) is 0 Å². The van der Waals surface area contributed by atoms with Gasteiger partial charge in [-0.25, -0.2) is 0 Å². The fourth-order valence-electron chi connectivity index (χ4n) is 1.97. The summed E-state index contributed by atoms with van der Waals surface area (Å²) in [6, 6.07) is 5.54. The van der Waals surface area contributed by atoms with E-state index in [1.165, 1.54) is 11.8 Å². The molecule has 0 aliphatic carbocycles. The highest BCUT2D eigenvalue weighted by Gasteiger charge is 2.33. The molecule has 1 fully saturated rings. The Morgan fingerprint density at radius 1 is 1.38 bits per heavy atom. The van der Waals surface area contributed by atoms with E-state index in [9.17, 15) is 4.79 Å². The molecule has 112 valence electrons. The van der Waals surface area contributed by atoms with Crippen LogP contribution in [0.2, 0.25) is 5.02 Å². The molecular weight excluding hydrogens is 324 g/mol. The summed E-state index contributed by atoms with van der Waals surface area (Å²) in [4.78, 5) is 16.8. The highest BCUT2D eigenvalue weighted by atomic mass is 35.5. The van der Waals surface area contributed by atoms with Crippen molar-refractivity contribution in [2.75, 3.05) is 18.0 Å². The second-order valence-corrected chi connectivity index (χ2v) is 6.74. The zero-order valence-corrected chi connectivity index (χ0v) is 14.6. The fraction of sp³-hybridized carbons (Fsp3) is 0.333. The number of benzene rings is 1. The average Bonchev–Trinajstić information content (AvgIpc) is 2.74. The number of rotatable bonds is 4. The summed E-state index contributed by atoms with van der Waals surface area (Å²) in [5, 5.41) is 0.634. The van der Waals surface area contributed by atoms with Crippen molar-refractivity contribution in [1.82, 2.24) is 4.90 Å². The Bertz CT molecular complexity index is 612. The molecule has 2 rings (SSSR count). The van der Waals surface area contributed by atoms with Crippen LogP contribution in [0.4, 0.5) is 5.69 Å². The van der Waals surface area contributed by atoms with Crippen molar-refractivity contribution in [1.29, 1.82) is 0 Å². The first-order valence-corrected chi connectivity index (χ1v) is 8.36. The first-order chi connectivity index (χ1) is 9.97. The molecule has 1 aliphatic rings. The molecule has 1 aliphatic heterocycles. The number of carbonyl (C=O) groups excluding carboxylic acids is 1. The Hall–Kier alpha value is -1.04. The van der Waals surface area contributed by atoms with Crippen LogP contribution < -0.4 is 4.90 Å². The molecular formula is C15H17ClN2OS2. The molecule has 1 amide bonds. The van der Waals surface area contributed by atoms with Crippen LogP contribution in [0.5, 0.6) is 0 Å².